The van der Waals surface area contributed by atoms with E-state index in [-0.39, 0.29) is 22.6 Å². The quantitative estimate of drug-likeness (QED) is 0.664. The Morgan fingerprint density at radius 3 is 2.44 bits per heavy atom. The van der Waals surface area contributed by atoms with Crippen LogP contribution in [0.2, 0.25) is 0 Å². The molecule has 1 amide bonds. The molecule has 10 heteroatoms. The van der Waals surface area contributed by atoms with E-state index in [1.807, 2.05) is 6.92 Å². The first-order valence-electron chi connectivity index (χ1n) is 8.89. The number of nitrogens with zero attached hydrogens (tertiary/aromatic N) is 2. The van der Waals surface area contributed by atoms with Crippen LogP contribution in [0.3, 0.4) is 0 Å². The number of likely N-dealkylation sites (N-methyl/N-ethyl adjacent to an activating group) is 1. The van der Waals surface area contributed by atoms with E-state index < -0.39 is 42.4 Å². The fourth-order valence-electron chi connectivity index (χ4n) is 3.48. The van der Waals surface area contributed by atoms with E-state index in [1.165, 1.54) is 4.90 Å². The van der Waals surface area contributed by atoms with Crippen LogP contribution in [0.25, 0.3) is 0 Å². The Bertz CT molecular complexity index is 938. The predicted octanol–water partition coefficient (Wildman–Crippen LogP) is 0.564. The van der Waals surface area contributed by atoms with Crippen LogP contribution in [0.4, 0.5) is 4.39 Å². The van der Waals surface area contributed by atoms with Gasteiger partial charge in [0, 0.05) is 26.2 Å². The fourth-order valence-corrected chi connectivity index (χ4v) is 7.86. The highest BCUT2D eigenvalue weighted by Crippen LogP contribution is 2.27. The minimum atomic E-state index is -3.95. The Morgan fingerprint density at radius 1 is 1.22 bits per heavy atom. The summed E-state index contributed by atoms with van der Waals surface area (Å²) in [6, 6.07) is 3.11. The summed E-state index contributed by atoms with van der Waals surface area (Å²) in [4.78, 5) is 16.2. The van der Waals surface area contributed by atoms with Crippen LogP contribution >= 0.6 is 0 Å². The molecular weight excluding hydrogens is 395 g/mol. The molecule has 7 nitrogen and oxygen atoms in total. The van der Waals surface area contributed by atoms with Gasteiger partial charge in [-0.05, 0) is 31.2 Å². The van der Waals surface area contributed by atoms with E-state index in [2.05, 4.69) is 4.90 Å². The first-order valence-corrected chi connectivity index (χ1v) is 12.3. The maximum atomic E-state index is 14.3. The Labute approximate surface area is 159 Å². The summed E-state index contributed by atoms with van der Waals surface area (Å²) in [5.41, 5.74) is -0.290. The SMILES string of the molecule is CCN1CCN(C(=O)c2cc(S(=O)(=O)[C@@H]3CCS(=O)(=O)C3)ccc2F)CC1. The molecule has 1 atom stereocenters. The highest BCUT2D eigenvalue weighted by molar-refractivity contribution is 7.96. The van der Waals surface area contributed by atoms with Gasteiger partial charge in [0.2, 0.25) is 0 Å². The number of amides is 1. The molecule has 0 saturated carbocycles. The van der Waals surface area contributed by atoms with Crippen molar-refractivity contribution in [1.82, 2.24) is 9.80 Å². The Hall–Kier alpha value is -1.52. The minimum Gasteiger partial charge on any atom is -0.336 e. The Balaban J connectivity index is 1.85. The molecule has 0 unspecified atom stereocenters. The lowest BCUT2D eigenvalue weighted by Gasteiger charge is -2.34. The molecule has 2 fully saturated rings. The number of rotatable bonds is 4. The number of piperazine rings is 1. The molecule has 1 aromatic carbocycles. The molecule has 2 aliphatic rings. The molecule has 0 aliphatic carbocycles. The van der Waals surface area contributed by atoms with E-state index in [9.17, 15) is 26.0 Å². The summed E-state index contributed by atoms with van der Waals surface area (Å²) in [7, 11) is -7.33. The van der Waals surface area contributed by atoms with Crippen molar-refractivity contribution in [2.45, 2.75) is 23.5 Å². The standard InChI is InChI=1S/C17H23FN2O5S2/c1-2-19-6-8-20(9-7-19)17(21)15-11-13(3-4-16(15)18)27(24,25)14-5-10-26(22,23)12-14/h3-4,11,14H,2,5-10,12H2,1H3/t14-/m1/s1. The molecule has 2 heterocycles. The summed E-state index contributed by atoms with van der Waals surface area (Å²) in [6.45, 7) is 5.15. The molecule has 27 heavy (non-hydrogen) atoms. The van der Waals surface area contributed by atoms with Gasteiger partial charge in [-0.1, -0.05) is 6.92 Å². The van der Waals surface area contributed by atoms with Gasteiger partial charge >= 0.3 is 0 Å². The Morgan fingerprint density at radius 2 is 1.89 bits per heavy atom. The summed E-state index contributed by atoms with van der Waals surface area (Å²) in [6.07, 6.45) is 0.0182. The smallest absolute Gasteiger partial charge is 0.256 e. The topological polar surface area (TPSA) is 91.8 Å². The first kappa shape index (κ1) is 20.2. The van der Waals surface area contributed by atoms with Gasteiger partial charge in [-0.25, -0.2) is 21.2 Å². The fraction of sp³-hybridized carbons (Fsp3) is 0.588. The molecule has 2 saturated heterocycles. The third-order valence-corrected chi connectivity index (χ3v) is 9.40. The predicted molar refractivity (Wildman–Crippen MR) is 98.7 cm³/mol. The van der Waals surface area contributed by atoms with Gasteiger partial charge in [0.1, 0.15) is 5.82 Å². The molecule has 0 N–H and O–H groups in total. The zero-order valence-corrected chi connectivity index (χ0v) is 16.7. The van der Waals surface area contributed by atoms with Crippen LogP contribution in [-0.4, -0.2) is 82.0 Å². The first-order chi connectivity index (χ1) is 12.6. The van der Waals surface area contributed by atoms with E-state index in [1.54, 1.807) is 0 Å². The molecule has 0 bridgehead atoms. The zero-order chi connectivity index (χ0) is 19.8. The van der Waals surface area contributed by atoms with Gasteiger partial charge in [-0.15, -0.1) is 0 Å². The van der Waals surface area contributed by atoms with Crippen LogP contribution in [0.1, 0.15) is 23.7 Å². The molecule has 0 aromatic heterocycles. The van der Waals surface area contributed by atoms with Crippen LogP contribution in [0.5, 0.6) is 0 Å². The van der Waals surface area contributed by atoms with E-state index >= 15 is 0 Å². The third kappa shape index (κ3) is 4.17. The number of hydrogen-bond donors (Lipinski definition) is 0. The second-order valence-electron chi connectivity index (χ2n) is 6.94. The Kier molecular flexibility index (Phi) is 5.60. The van der Waals surface area contributed by atoms with Crippen molar-refractivity contribution in [2.24, 2.45) is 0 Å². The second-order valence-corrected chi connectivity index (χ2v) is 11.4. The molecule has 2 aliphatic heterocycles. The van der Waals surface area contributed by atoms with Crippen molar-refractivity contribution in [1.29, 1.82) is 0 Å². The van der Waals surface area contributed by atoms with Gasteiger partial charge in [-0.3, -0.25) is 4.79 Å². The van der Waals surface area contributed by atoms with Gasteiger partial charge < -0.3 is 9.80 Å². The minimum absolute atomic E-state index is 0.0182. The van der Waals surface area contributed by atoms with E-state index in [0.29, 0.717) is 26.2 Å². The summed E-state index contributed by atoms with van der Waals surface area (Å²) < 4.78 is 63.0. The highest BCUT2D eigenvalue weighted by Gasteiger charge is 2.38. The monoisotopic (exact) mass is 418 g/mol. The van der Waals surface area contributed by atoms with Crippen molar-refractivity contribution in [2.75, 3.05) is 44.2 Å². The molecule has 150 valence electrons. The molecule has 1 aromatic rings. The number of carbonyl (C=O) groups excluding carboxylic acids is 1. The summed E-state index contributed by atoms with van der Waals surface area (Å²) >= 11 is 0. The third-order valence-electron chi connectivity index (χ3n) is 5.23. The normalized spacial score (nSPS) is 23.5. The van der Waals surface area contributed by atoms with Crippen molar-refractivity contribution in [3.8, 4) is 0 Å². The van der Waals surface area contributed by atoms with Gasteiger partial charge in [0.05, 0.1) is 27.2 Å². The van der Waals surface area contributed by atoms with Crippen molar-refractivity contribution >= 4 is 25.6 Å². The van der Waals surface area contributed by atoms with Crippen molar-refractivity contribution in [3.63, 3.8) is 0 Å². The lowest BCUT2D eigenvalue weighted by atomic mass is 10.1. The summed E-state index contributed by atoms with van der Waals surface area (Å²) in [5, 5.41) is -1.05. The highest BCUT2D eigenvalue weighted by atomic mass is 32.2. The van der Waals surface area contributed by atoms with Crippen LogP contribution < -0.4 is 0 Å². The van der Waals surface area contributed by atoms with Crippen LogP contribution in [0, 0.1) is 5.82 Å². The lowest BCUT2D eigenvalue weighted by molar-refractivity contribution is 0.0638. The lowest BCUT2D eigenvalue weighted by Crippen LogP contribution is -2.48. The van der Waals surface area contributed by atoms with Crippen molar-refractivity contribution < 1.29 is 26.0 Å². The molecular formula is C17H23FN2O5S2. The number of halogens is 1. The van der Waals surface area contributed by atoms with Crippen LogP contribution in [-0.2, 0) is 19.7 Å². The number of sulfone groups is 2. The molecule has 3 rings (SSSR count). The second kappa shape index (κ2) is 7.48. The number of carbonyl (C=O) groups is 1. The van der Waals surface area contributed by atoms with Gasteiger partial charge in [0.25, 0.3) is 5.91 Å². The number of benzene rings is 1. The van der Waals surface area contributed by atoms with E-state index in [0.717, 1.165) is 24.7 Å². The average Bonchev–Trinajstić information content (AvgIpc) is 3.02. The van der Waals surface area contributed by atoms with Gasteiger partial charge in [-0.2, -0.15) is 0 Å². The molecule has 0 spiro atoms. The van der Waals surface area contributed by atoms with Crippen LogP contribution in [0.15, 0.2) is 23.1 Å². The molecule has 0 radical (unpaired) electrons. The number of hydrogen-bond acceptors (Lipinski definition) is 6. The van der Waals surface area contributed by atoms with E-state index in [4.69, 9.17) is 0 Å². The zero-order valence-electron chi connectivity index (χ0n) is 15.1. The van der Waals surface area contributed by atoms with Crippen molar-refractivity contribution in [3.05, 3.63) is 29.6 Å². The van der Waals surface area contributed by atoms with Gasteiger partial charge in [0.15, 0.2) is 19.7 Å². The maximum Gasteiger partial charge on any atom is 0.256 e. The average molecular weight is 419 g/mol. The largest absolute Gasteiger partial charge is 0.336 e. The summed E-state index contributed by atoms with van der Waals surface area (Å²) in [5.74, 6) is -1.93. The maximum absolute atomic E-state index is 14.3.